The lowest BCUT2D eigenvalue weighted by Gasteiger charge is -2.15. The average Bonchev–Trinajstić information content (AvgIpc) is 2.83. The zero-order valence-corrected chi connectivity index (χ0v) is 13.5. The van der Waals surface area contributed by atoms with E-state index in [1.165, 1.54) is 31.7 Å². The van der Waals surface area contributed by atoms with Gasteiger partial charge in [-0.3, -0.25) is 4.98 Å². The second kappa shape index (κ2) is 5.96. The summed E-state index contributed by atoms with van der Waals surface area (Å²) in [6, 6.07) is 11.2. The molecule has 1 N–H and O–H groups in total. The third-order valence-electron chi connectivity index (χ3n) is 3.92. The third-order valence-corrected chi connectivity index (χ3v) is 4.90. The van der Waals surface area contributed by atoms with Crippen LogP contribution in [0.15, 0.2) is 42.7 Å². The van der Waals surface area contributed by atoms with Crippen LogP contribution < -0.4 is 5.32 Å². The molecule has 3 rings (SSSR count). The van der Waals surface area contributed by atoms with Crippen molar-refractivity contribution in [3.8, 4) is 0 Å². The lowest BCUT2D eigenvalue weighted by molar-refractivity contribution is 0.576. The van der Waals surface area contributed by atoms with Crippen molar-refractivity contribution in [3.63, 3.8) is 0 Å². The number of nitrogens with one attached hydrogen (secondary N) is 1. The standard InChI is InChI=1S/C18H20N2S/c1-12-9-18(14(3)21-12)13(2)20-11-16-6-4-5-15-10-19-8-7-17(15)16/h4-10,13,20H,11H2,1-3H3. The Bertz CT molecular complexity index is 756. The van der Waals surface area contributed by atoms with Crippen LogP contribution >= 0.6 is 11.3 Å². The molecule has 3 aromatic rings. The van der Waals surface area contributed by atoms with Crippen molar-refractivity contribution in [1.29, 1.82) is 0 Å². The van der Waals surface area contributed by atoms with Gasteiger partial charge in [0.05, 0.1) is 0 Å². The number of nitrogens with zero attached hydrogens (tertiary/aromatic N) is 1. The molecule has 1 unspecified atom stereocenters. The van der Waals surface area contributed by atoms with Crippen molar-refractivity contribution in [3.05, 3.63) is 63.6 Å². The Morgan fingerprint density at radius 2 is 2.10 bits per heavy atom. The summed E-state index contributed by atoms with van der Waals surface area (Å²) in [6.45, 7) is 7.48. The Hall–Kier alpha value is -1.71. The van der Waals surface area contributed by atoms with Crippen LogP contribution in [-0.2, 0) is 6.54 Å². The molecule has 0 aliphatic carbocycles. The van der Waals surface area contributed by atoms with E-state index < -0.39 is 0 Å². The van der Waals surface area contributed by atoms with Gasteiger partial charge in [-0.1, -0.05) is 18.2 Å². The number of thiophene rings is 1. The van der Waals surface area contributed by atoms with E-state index >= 15 is 0 Å². The number of hydrogen-bond acceptors (Lipinski definition) is 3. The maximum absolute atomic E-state index is 4.19. The minimum absolute atomic E-state index is 0.368. The van der Waals surface area contributed by atoms with Crippen LogP contribution in [0.2, 0.25) is 0 Å². The molecule has 0 bridgehead atoms. The molecule has 1 aromatic carbocycles. The van der Waals surface area contributed by atoms with Gasteiger partial charge in [-0.05, 0) is 49.4 Å². The highest BCUT2D eigenvalue weighted by Crippen LogP contribution is 2.26. The lowest BCUT2D eigenvalue weighted by atomic mass is 10.1. The fourth-order valence-electron chi connectivity index (χ4n) is 2.80. The van der Waals surface area contributed by atoms with Crippen LogP contribution in [0.3, 0.4) is 0 Å². The van der Waals surface area contributed by atoms with Gasteiger partial charge >= 0.3 is 0 Å². The molecule has 2 aromatic heterocycles. The van der Waals surface area contributed by atoms with Gasteiger partial charge < -0.3 is 5.32 Å². The maximum Gasteiger partial charge on any atom is 0.0346 e. The highest BCUT2D eigenvalue weighted by Gasteiger charge is 2.11. The first-order valence-electron chi connectivity index (χ1n) is 7.27. The highest BCUT2D eigenvalue weighted by atomic mass is 32.1. The summed E-state index contributed by atoms with van der Waals surface area (Å²) in [5, 5.41) is 6.13. The summed E-state index contributed by atoms with van der Waals surface area (Å²) in [5.41, 5.74) is 2.74. The molecular weight excluding hydrogens is 276 g/mol. The van der Waals surface area contributed by atoms with Crippen molar-refractivity contribution in [2.24, 2.45) is 0 Å². The van der Waals surface area contributed by atoms with Gasteiger partial charge in [-0.25, -0.2) is 0 Å². The Morgan fingerprint density at radius 3 is 2.86 bits per heavy atom. The summed E-state index contributed by atoms with van der Waals surface area (Å²) >= 11 is 1.87. The van der Waals surface area contributed by atoms with Crippen LogP contribution in [0.1, 0.15) is 33.8 Å². The van der Waals surface area contributed by atoms with Crippen molar-refractivity contribution in [2.45, 2.75) is 33.4 Å². The first kappa shape index (κ1) is 14.2. The molecule has 0 aliphatic rings. The number of fused-ring (bicyclic) bond motifs is 1. The molecule has 0 amide bonds. The van der Waals surface area contributed by atoms with Crippen molar-refractivity contribution in [1.82, 2.24) is 10.3 Å². The predicted octanol–water partition coefficient (Wildman–Crippen LogP) is 4.76. The predicted molar refractivity (Wildman–Crippen MR) is 90.8 cm³/mol. The number of hydrogen-bond donors (Lipinski definition) is 1. The summed E-state index contributed by atoms with van der Waals surface area (Å²) in [7, 11) is 0. The first-order chi connectivity index (χ1) is 10.1. The average molecular weight is 296 g/mol. The molecule has 0 saturated carbocycles. The summed E-state index contributed by atoms with van der Waals surface area (Å²) < 4.78 is 0. The second-order valence-electron chi connectivity index (χ2n) is 5.49. The summed E-state index contributed by atoms with van der Waals surface area (Å²) in [5.74, 6) is 0. The number of benzene rings is 1. The van der Waals surface area contributed by atoms with Crippen LogP contribution in [0.4, 0.5) is 0 Å². The Kier molecular flexibility index (Phi) is 4.04. The zero-order chi connectivity index (χ0) is 14.8. The molecule has 0 aliphatic heterocycles. The molecule has 0 radical (unpaired) electrons. The lowest BCUT2D eigenvalue weighted by Crippen LogP contribution is -2.18. The van der Waals surface area contributed by atoms with Gasteiger partial charge in [-0.15, -0.1) is 11.3 Å². The van der Waals surface area contributed by atoms with E-state index in [1.54, 1.807) is 0 Å². The number of pyridine rings is 1. The van der Waals surface area contributed by atoms with Gasteiger partial charge in [0.2, 0.25) is 0 Å². The van der Waals surface area contributed by atoms with Gasteiger partial charge in [0.1, 0.15) is 0 Å². The molecule has 2 heterocycles. The van der Waals surface area contributed by atoms with Crippen LogP contribution in [0, 0.1) is 13.8 Å². The quantitative estimate of drug-likeness (QED) is 0.750. The fourth-order valence-corrected chi connectivity index (χ4v) is 3.82. The maximum atomic E-state index is 4.19. The van der Waals surface area contributed by atoms with E-state index in [-0.39, 0.29) is 0 Å². The van der Waals surface area contributed by atoms with Crippen LogP contribution in [0.5, 0.6) is 0 Å². The SMILES string of the molecule is Cc1cc(C(C)NCc2cccc3cnccc23)c(C)s1. The monoisotopic (exact) mass is 296 g/mol. The molecule has 0 fully saturated rings. The van der Waals surface area contributed by atoms with E-state index in [1.807, 2.05) is 23.7 Å². The van der Waals surface area contributed by atoms with Crippen LogP contribution in [-0.4, -0.2) is 4.98 Å². The topological polar surface area (TPSA) is 24.9 Å². The molecule has 0 spiro atoms. The normalized spacial score (nSPS) is 12.7. The van der Waals surface area contributed by atoms with Crippen LogP contribution in [0.25, 0.3) is 10.8 Å². The number of aryl methyl sites for hydroxylation is 2. The largest absolute Gasteiger partial charge is 0.306 e. The fraction of sp³-hybridized carbons (Fsp3) is 0.278. The van der Waals surface area contributed by atoms with Crippen molar-refractivity contribution < 1.29 is 0 Å². The Morgan fingerprint density at radius 1 is 1.24 bits per heavy atom. The first-order valence-corrected chi connectivity index (χ1v) is 8.09. The van der Waals surface area contributed by atoms with Crippen molar-refractivity contribution in [2.75, 3.05) is 0 Å². The van der Waals surface area contributed by atoms with Gasteiger partial charge in [0.15, 0.2) is 0 Å². The Labute approximate surface area is 129 Å². The summed E-state index contributed by atoms with van der Waals surface area (Å²) in [6.07, 6.45) is 3.79. The van der Waals surface area contributed by atoms with E-state index in [9.17, 15) is 0 Å². The third kappa shape index (κ3) is 2.99. The van der Waals surface area contributed by atoms with Crippen molar-refractivity contribution >= 4 is 22.1 Å². The zero-order valence-electron chi connectivity index (χ0n) is 12.7. The molecule has 2 nitrogen and oxygen atoms in total. The molecule has 1 atom stereocenters. The van der Waals surface area contributed by atoms with E-state index in [0.29, 0.717) is 6.04 Å². The molecular formula is C18H20N2S. The van der Waals surface area contributed by atoms with Gasteiger partial charge in [0.25, 0.3) is 0 Å². The van der Waals surface area contributed by atoms with E-state index in [4.69, 9.17) is 0 Å². The van der Waals surface area contributed by atoms with Gasteiger partial charge in [0, 0.05) is 40.1 Å². The Balaban J connectivity index is 1.79. The molecule has 108 valence electrons. The number of rotatable bonds is 4. The number of aromatic nitrogens is 1. The minimum Gasteiger partial charge on any atom is -0.306 e. The second-order valence-corrected chi connectivity index (χ2v) is 6.95. The molecule has 3 heteroatoms. The van der Waals surface area contributed by atoms with E-state index in [0.717, 1.165) is 6.54 Å². The van der Waals surface area contributed by atoms with Gasteiger partial charge in [-0.2, -0.15) is 0 Å². The minimum atomic E-state index is 0.368. The summed E-state index contributed by atoms with van der Waals surface area (Å²) in [4.78, 5) is 6.99. The molecule has 21 heavy (non-hydrogen) atoms. The molecule has 0 saturated heterocycles. The highest BCUT2D eigenvalue weighted by molar-refractivity contribution is 7.12. The smallest absolute Gasteiger partial charge is 0.0346 e. The van der Waals surface area contributed by atoms with E-state index in [2.05, 4.69) is 61.4 Å².